The Balaban J connectivity index is 1.64. The fraction of sp³-hybridized carbons (Fsp3) is 0.217. The summed E-state index contributed by atoms with van der Waals surface area (Å²) in [7, 11) is 0. The number of aryl methyl sites for hydroxylation is 2. The predicted molar refractivity (Wildman–Crippen MR) is 118 cm³/mol. The number of nitrogens with one attached hydrogen (secondary N) is 1. The molecule has 0 saturated carbocycles. The molecule has 2 aromatic carbocycles. The van der Waals surface area contributed by atoms with Crippen molar-refractivity contribution in [1.29, 1.82) is 0 Å². The monoisotopic (exact) mass is 429 g/mol. The highest BCUT2D eigenvalue weighted by Gasteiger charge is 2.15. The second-order valence-corrected chi connectivity index (χ2v) is 7.33. The summed E-state index contributed by atoms with van der Waals surface area (Å²) in [5.41, 5.74) is 4.37. The van der Waals surface area contributed by atoms with E-state index in [1.54, 1.807) is 29.3 Å². The minimum absolute atomic E-state index is 0.359. The fourth-order valence-electron chi connectivity index (χ4n) is 3.23. The van der Waals surface area contributed by atoms with Crippen LogP contribution >= 0.6 is 0 Å². The molecule has 0 spiro atoms. The summed E-state index contributed by atoms with van der Waals surface area (Å²) in [5.74, 6) is 1.08. The van der Waals surface area contributed by atoms with Gasteiger partial charge in [0.05, 0.1) is 23.6 Å². The molecule has 1 atom stereocenters. The van der Waals surface area contributed by atoms with Crippen molar-refractivity contribution in [3.63, 3.8) is 0 Å². The summed E-state index contributed by atoms with van der Waals surface area (Å²) in [6, 6.07) is 13.3. The quantitative estimate of drug-likeness (QED) is 0.496. The van der Waals surface area contributed by atoms with E-state index in [2.05, 4.69) is 30.8 Å². The average Bonchev–Trinajstić information content (AvgIpc) is 3.29. The molecule has 0 bridgehead atoms. The Morgan fingerprint density at radius 1 is 1.12 bits per heavy atom. The van der Waals surface area contributed by atoms with E-state index >= 15 is 0 Å². The van der Waals surface area contributed by atoms with Gasteiger partial charge in [0.2, 0.25) is 0 Å². The van der Waals surface area contributed by atoms with Crippen molar-refractivity contribution < 1.29 is 9.53 Å². The standard InChI is InChI=1S/C23H23N7O2/c1-4-22-27-28-29-30(22)19-11-18(17-7-5-15(2)6-8-17)12-20(13-19)32-23(31)26-16(3)21-14-24-9-10-25-21/h5-14,16H,4H2,1-3H3,(H,26,31)/t16-/m0/s1. The molecule has 0 radical (unpaired) electrons. The highest BCUT2D eigenvalue weighted by Crippen LogP contribution is 2.28. The zero-order chi connectivity index (χ0) is 22.5. The van der Waals surface area contributed by atoms with Gasteiger partial charge >= 0.3 is 6.09 Å². The van der Waals surface area contributed by atoms with Gasteiger partial charge in [0.1, 0.15) is 5.75 Å². The Kier molecular flexibility index (Phi) is 6.16. The molecule has 162 valence electrons. The zero-order valence-electron chi connectivity index (χ0n) is 18.1. The molecule has 2 heterocycles. The summed E-state index contributed by atoms with van der Waals surface area (Å²) in [4.78, 5) is 20.8. The van der Waals surface area contributed by atoms with Crippen LogP contribution in [-0.4, -0.2) is 36.3 Å². The maximum atomic E-state index is 12.6. The SMILES string of the molecule is CCc1nnnn1-c1cc(OC(=O)N[C@@H](C)c2cnccn2)cc(-c2ccc(C)cc2)c1. The molecule has 2 aromatic heterocycles. The number of nitrogens with zero attached hydrogens (tertiary/aromatic N) is 6. The Morgan fingerprint density at radius 3 is 2.66 bits per heavy atom. The topological polar surface area (TPSA) is 108 Å². The summed E-state index contributed by atoms with van der Waals surface area (Å²) < 4.78 is 7.27. The van der Waals surface area contributed by atoms with Gasteiger partial charge in [-0.1, -0.05) is 36.8 Å². The smallest absolute Gasteiger partial charge is 0.410 e. The lowest BCUT2D eigenvalue weighted by atomic mass is 10.0. The third-order valence-corrected chi connectivity index (χ3v) is 4.94. The van der Waals surface area contributed by atoms with Gasteiger partial charge < -0.3 is 10.1 Å². The van der Waals surface area contributed by atoms with Gasteiger partial charge in [0.15, 0.2) is 5.82 Å². The van der Waals surface area contributed by atoms with Crippen LogP contribution in [0.15, 0.2) is 61.1 Å². The molecule has 0 aliphatic rings. The lowest BCUT2D eigenvalue weighted by molar-refractivity contribution is 0.196. The van der Waals surface area contributed by atoms with E-state index in [-0.39, 0.29) is 6.04 Å². The van der Waals surface area contributed by atoms with Crippen LogP contribution in [-0.2, 0) is 6.42 Å². The number of aromatic nitrogens is 6. The minimum Gasteiger partial charge on any atom is -0.410 e. The largest absolute Gasteiger partial charge is 0.413 e. The van der Waals surface area contributed by atoms with Crippen LogP contribution in [0.25, 0.3) is 16.8 Å². The number of rotatable bonds is 6. The molecule has 4 aromatic rings. The third kappa shape index (κ3) is 4.77. The molecule has 0 aliphatic carbocycles. The fourth-order valence-corrected chi connectivity index (χ4v) is 3.23. The van der Waals surface area contributed by atoms with Gasteiger partial charge in [0, 0.05) is 24.9 Å². The number of hydrogen-bond donors (Lipinski definition) is 1. The summed E-state index contributed by atoms with van der Waals surface area (Å²) in [6.07, 6.45) is 4.82. The van der Waals surface area contributed by atoms with Crippen molar-refractivity contribution in [1.82, 2.24) is 35.5 Å². The van der Waals surface area contributed by atoms with Crippen molar-refractivity contribution in [2.45, 2.75) is 33.2 Å². The van der Waals surface area contributed by atoms with Crippen LogP contribution in [0.5, 0.6) is 5.75 Å². The van der Waals surface area contributed by atoms with Gasteiger partial charge in [-0.3, -0.25) is 9.97 Å². The first kappa shape index (κ1) is 21.1. The molecule has 9 nitrogen and oxygen atoms in total. The molecule has 1 amide bonds. The van der Waals surface area contributed by atoms with Crippen molar-refractivity contribution in [3.8, 4) is 22.6 Å². The van der Waals surface area contributed by atoms with Crippen LogP contribution in [0.2, 0.25) is 0 Å². The average molecular weight is 429 g/mol. The predicted octanol–water partition coefficient (Wildman–Crippen LogP) is 3.84. The molecule has 0 saturated heterocycles. The number of hydrogen-bond acceptors (Lipinski definition) is 7. The Morgan fingerprint density at radius 2 is 1.94 bits per heavy atom. The van der Waals surface area contributed by atoms with Crippen LogP contribution in [0, 0.1) is 6.92 Å². The molecule has 0 unspecified atom stereocenters. The van der Waals surface area contributed by atoms with Crippen LogP contribution in [0.3, 0.4) is 0 Å². The van der Waals surface area contributed by atoms with E-state index in [0.717, 1.165) is 16.7 Å². The van der Waals surface area contributed by atoms with Crippen LogP contribution in [0.1, 0.15) is 37.0 Å². The maximum Gasteiger partial charge on any atom is 0.413 e. The number of tetrazole rings is 1. The second kappa shape index (κ2) is 9.34. The first-order chi connectivity index (χ1) is 15.5. The van der Waals surface area contributed by atoms with Gasteiger partial charge in [-0.05, 0) is 47.5 Å². The Labute approximate surface area is 185 Å². The molecular weight excluding hydrogens is 406 g/mol. The molecule has 1 N–H and O–H groups in total. The molecule has 9 heteroatoms. The molecule has 32 heavy (non-hydrogen) atoms. The molecule has 0 aliphatic heterocycles. The zero-order valence-corrected chi connectivity index (χ0v) is 18.1. The highest BCUT2D eigenvalue weighted by molar-refractivity contribution is 5.74. The first-order valence-electron chi connectivity index (χ1n) is 10.3. The maximum absolute atomic E-state index is 12.6. The summed E-state index contributed by atoms with van der Waals surface area (Å²) in [6.45, 7) is 5.82. The number of amides is 1. The second-order valence-electron chi connectivity index (χ2n) is 7.33. The van der Waals surface area contributed by atoms with Gasteiger partial charge in [-0.15, -0.1) is 5.10 Å². The van der Waals surface area contributed by atoms with Gasteiger partial charge in [-0.25, -0.2) is 4.79 Å². The Hall–Kier alpha value is -4.14. The van der Waals surface area contributed by atoms with Crippen molar-refractivity contribution in [2.75, 3.05) is 0 Å². The minimum atomic E-state index is -0.595. The van der Waals surface area contributed by atoms with Crippen LogP contribution < -0.4 is 10.1 Å². The number of carbonyl (C=O) groups is 1. The number of benzene rings is 2. The van der Waals surface area contributed by atoms with E-state index in [4.69, 9.17) is 4.74 Å². The van der Waals surface area contributed by atoms with E-state index in [1.165, 1.54) is 0 Å². The summed E-state index contributed by atoms with van der Waals surface area (Å²) in [5, 5.41) is 14.7. The number of carbonyl (C=O) groups excluding carboxylic acids is 1. The van der Waals surface area contributed by atoms with Crippen molar-refractivity contribution in [3.05, 3.63) is 78.1 Å². The molecule has 0 fully saturated rings. The van der Waals surface area contributed by atoms with Gasteiger partial charge in [0.25, 0.3) is 0 Å². The first-order valence-corrected chi connectivity index (χ1v) is 10.3. The van der Waals surface area contributed by atoms with E-state index in [0.29, 0.717) is 29.4 Å². The van der Waals surface area contributed by atoms with E-state index in [9.17, 15) is 4.79 Å². The van der Waals surface area contributed by atoms with Crippen molar-refractivity contribution in [2.24, 2.45) is 0 Å². The van der Waals surface area contributed by atoms with E-state index in [1.807, 2.05) is 57.2 Å². The lowest BCUT2D eigenvalue weighted by Crippen LogP contribution is -2.30. The van der Waals surface area contributed by atoms with Gasteiger partial charge in [-0.2, -0.15) is 4.68 Å². The summed E-state index contributed by atoms with van der Waals surface area (Å²) >= 11 is 0. The number of ether oxygens (including phenoxy) is 1. The van der Waals surface area contributed by atoms with Crippen LogP contribution in [0.4, 0.5) is 4.79 Å². The third-order valence-electron chi connectivity index (χ3n) is 4.94. The normalized spacial score (nSPS) is 11.7. The lowest BCUT2D eigenvalue weighted by Gasteiger charge is -2.14. The highest BCUT2D eigenvalue weighted by atomic mass is 16.6. The molecule has 4 rings (SSSR count). The van der Waals surface area contributed by atoms with Crippen molar-refractivity contribution >= 4 is 6.09 Å². The molecular formula is C23H23N7O2. The Bertz CT molecular complexity index is 1210. The van der Waals surface area contributed by atoms with E-state index < -0.39 is 6.09 Å².